The summed E-state index contributed by atoms with van der Waals surface area (Å²) >= 11 is 0. The van der Waals surface area contributed by atoms with E-state index in [0.29, 0.717) is 22.3 Å². The van der Waals surface area contributed by atoms with Crippen LogP contribution < -0.4 is 5.32 Å². The Hall–Kier alpha value is -4.19. The first-order valence-corrected chi connectivity index (χ1v) is 9.47. The maximum Gasteiger partial charge on any atom is 0.354 e. The zero-order chi connectivity index (χ0) is 22.2. The van der Waals surface area contributed by atoms with E-state index in [0.717, 1.165) is 5.56 Å². The predicted molar refractivity (Wildman–Crippen MR) is 117 cm³/mol. The molecule has 0 radical (unpaired) electrons. The van der Waals surface area contributed by atoms with Crippen molar-refractivity contribution in [2.24, 2.45) is 0 Å². The van der Waals surface area contributed by atoms with E-state index in [9.17, 15) is 14.4 Å². The van der Waals surface area contributed by atoms with Crippen molar-refractivity contribution in [3.8, 4) is 11.1 Å². The zero-order valence-corrected chi connectivity index (χ0v) is 17.1. The molecule has 0 saturated heterocycles. The van der Waals surface area contributed by atoms with Gasteiger partial charge in [-0.15, -0.1) is 0 Å². The summed E-state index contributed by atoms with van der Waals surface area (Å²) in [5.41, 5.74) is 2.93. The van der Waals surface area contributed by atoms with Crippen molar-refractivity contribution in [2.45, 2.75) is 0 Å². The largest absolute Gasteiger partial charge is 0.465 e. The fraction of sp³-hybridized carbons (Fsp3) is 0.0800. The highest BCUT2D eigenvalue weighted by molar-refractivity contribution is 6.03. The molecule has 6 nitrogen and oxygen atoms in total. The second kappa shape index (κ2) is 10.0. The fourth-order valence-corrected chi connectivity index (χ4v) is 3.03. The van der Waals surface area contributed by atoms with Crippen LogP contribution in [-0.2, 0) is 14.3 Å². The van der Waals surface area contributed by atoms with E-state index in [4.69, 9.17) is 9.47 Å². The molecule has 3 aromatic rings. The van der Waals surface area contributed by atoms with Crippen LogP contribution in [0.1, 0.15) is 26.3 Å². The second-order valence-electron chi connectivity index (χ2n) is 6.53. The van der Waals surface area contributed by atoms with E-state index < -0.39 is 17.8 Å². The Balaban J connectivity index is 1.97. The lowest BCUT2D eigenvalue weighted by molar-refractivity contribution is -0.136. The predicted octanol–water partition coefficient (Wildman–Crippen LogP) is 4.08. The van der Waals surface area contributed by atoms with Crippen molar-refractivity contribution >= 4 is 23.9 Å². The zero-order valence-electron chi connectivity index (χ0n) is 17.1. The number of carbonyl (C=O) groups excluding carboxylic acids is 3. The summed E-state index contributed by atoms with van der Waals surface area (Å²) in [6.07, 6.45) is 1.52. The molecule has 3 rings (SSSR count). The third kappa shape index (κ3) is 5.25. The number of ether oxygens (including phenoxy) is 2. The molecule has 0 unspecified atom stereocenters. The fourth-order valence-electron chi connectivity index (χ4n) is 3.03. The van der Waals surface area contributed by atoms with E-state index >= 15 is 0 Å². The molecule has 0 fully saturated rings. The molecule has 0 aliphatic heterocycles. The third-order valence-corrected chi connectivity index (χ3v) is 4.53. The SMILES string of the molecule is COC(=O)/C(=C/c1cccc(-c2ccccc2C(=O)OC)c1)NC(=O)c1ccccc1. The van der Waals surface area contributed by atoms with E-state index in [1.165, 1.54) is 20.3 Å². The van der Waals surface area contributed by atoms with Gasteiger partial charge >= 0.3 is 11.9 Å². The molecule has 0 heterocycles. The first kappa shape index (κ1) is 21.5. The van der Waals surface area contributed by atoms with Crippen LogP contribution in [0.4, 0.5) is 0 Å². The Morgan fingerprint density at radius 3 is 2.23 bits per heavy atom. The van der Waals surface area contributed by atoms with E-state index in [2.05, 4.69) is 5.32 Å². The van der Waals surface area contributed by atoms with Gasteiger partial charge in [0.15, 0.2) is 0 Å². The van der Waals surface area contributed by atoms with Crippen LogP contribution in [0.5, 0.6) is 0 Å². The van der Waals surface area contributed by atoms with Crippen molar-refractivity contribution in [1.82, 2.24) is 5.32 Å². The smallest absolute Gasteiger partial charge is 0.354 e. The van der Waals surface area contributed by atoms with Gasteiger partial charge in [-0.05, 0) is 47.0 Å². The Kier molecular flexibility index (Phi) is 6.96. The Bertz CT molecular complexity index is 1140. The maximum atomic E-state index is 12.5. The number of rotatable bonds is 6. The number of methoxy groups -OCH3 is 2. The van der Waals surface area contributed by atoms with Gasteiger partial charge in [-0.1, -0.05) is 54.6 Å². The quantitative estimate of drug-likeness (QED) is 0.485. The molecular weight excluding hydrogens is 394 g/mol. The van der Waals surface area contributed by atoms with Gasteiger partial charge in [-0.25, -0.2) is 9.59 Å². The lowest BCUT2D eigenvalue weighted by Gasteiger charge is -2.10. The van der Waals surface area contributed by atoms with Gasteiger partial charge in [0.25, 0.3) is 5.91 Å². The normalized spacial score (nSPS) is 10.8. The molecule has 1 amide bonds. The van der Waals surface area contributed by atoms with Crippen LogP contribution in [0.3, 0.4) is 0 Å². The minimum atomic E-state index is -0.676. The van der Waals surface area contributed by atoms with Crippen molar-refractivity contribution < 1.29 is 23.9 Å². The molecule has 0 spiro atoms. The summed E-state index contributed by atoms with van der Waals surface area (Å²) in [7, 11) is 2.57. The van der Waals surface area contributed by atoms with Crippen LogP contribution in [0.25, 0.3) is 17.2 Å². The Labute approximate surface area is 180 Å². The lowest BCUT2D eigenvalue weighted by Crippen LogP contribution is -2.28. The number of amides is 1. The molecule has 0 saturated carbocycles. The van der Waals surface area contributed by atoms with Crippen LogP contribution in [0, 0.1) is 0 Å². The van der Waals surface area contributed by atoms with Gasteiger partial charge in [-0.2, -0.15) is 0 Å². The standard InChI is InChI=1S/C25H21NO5/c1-30-24(28)21-14-7-6-13-20(21)19-12-8-9-17(15-19)16-22(25(29)31-2)26-23(27)18-10-4-3-5-11-18/h3-16H,1-2H3,(H,26,27)/b22-16-. The molecule has 0 aliphatic carbocycles. The number of esters is 2. The molecule has 6 heteroatoms. The minimum absolute atomic E-state index is 0.00486. The van der Waals surface area contributed by atoms with Crippen molar-refractivity contribution in [3.63, 3.8) is 0 Å². The Morgan fingerprint density at radius 2 is 1.52 bits per heavy atom. The molecule has 0 atom stereocenters. The average molecular weight is 415 g/mol. The number of carbonyl (C=O) groups is 3. The average Bonchev–Trinajstić information content (AvgIpc) is 2.83. The molecular formula is C25H21NO5. The summed E-state index contributed by atoms with van der Waals surface area (Å²) in [6, 6.07) is 22.9. The van der Waals surface area contributed by atoms with Crippen LogP contribution >= 0.6 is 0 Å². The molecule has 0 aliphatic rings. The highest BCUT2D eigenvalue weighted by Crippen LogP contribution is 2.26. The third-order valence-electron chi connectivity index (χ3n) is 4.53. The first-order chi connectivity index (χ1) is 15.0. The second-order valence-corrected chi connectivity index (χ2v) is 6.53. The molecule has 156 valence electrons. The van der Waals surface area contributed by atoms with E-state index in [-0.39, 0.29) is 5.70 Å². The van der Waals surface area contributed by atoms with Gasteiger partial charge < -0.3 is 14.8 Å². The van der Waals surface area contributed by atoms with E-state index in [1.807, 2.05) is 18.2 Å². The van der Waals surface area contributed by atoms with Gasteiger partial charge in [0.1, 0.15) is 5.70 Å². The maximum absolute atomic E-state index is 12.5. The summed E-state index contributed by atoms with van der Waals surface area (Å²) in [5.74, 6) is -1.55. The number of nitrogens with one attached hydrogen (secondary N) is 1. The van der Waals surface area contributed by atoms with Crippen molar-refractivity contribution in [3.05, 3.63) is 101 Å². The first-order valence-electron chi connectivity index (χ1n) is 9.47. The molecule has 1 N–H and O–H groups in total. The van der Waals surface area contributed by atoms with Crippen molar-refractivity contribution in [2.75, 3.05) is 14.2 Å². The molecule has 0 aromatic heterocycles. The summed E-state index contributed by atoms with van der Waals surface area (Å²) in [4.78, 5) is 36.9. The highest BCUT2D eigenvalue weighted by atomic mass is 16.5. The van der Waals surface area contributed by atoms with Gasteiger partial charge in [0.05, 0.1) is 19.8 Å². The number of benzene rings is 3. The highest BCUT2D eigenvalue weighted by Gasteiger charge is 2.16. The topological polar surface area (TPSA) is 81.7 Å². The van der Waals surface area contributed by atoms with Crippen molar-refractivity contribution in [1.29, 1.82) is 0 Å². The molecule has 3 aromatic carbocycles. The Morgan fingerprint density at radius 1 is 0.806 bits per heavy atom. The molecule has 31 heavy (non-hydrogen) atoms. The van der Waals surface area contributed by atoms with Crippen LogP contribution in [-0.4, -0.2) is 32.1 Å². The van der Waals surface area contributed by atoms with Crippen LogP contribution in [0.15, 0.2) is 84.6 Å². The van der Waals surface area contributed by atoms with Gasteiger partial charge in [-0.3, -0.25) is 4.79 Å². The van der Waals surface area contributed by atoms with E-state index in [1.54, 1.807) is 60.7 Å². The monoisotopic (exact) mass is 415 g/mol. The summed E-state index contributed by atoms with van der Waals surface area (Å²) in [5, 5.41) is 2.60. The summed E-state index contributed by atoms with van der Waals surface area (Å²) < 4.78 is 9.68. The number of hydrogen-bond acceptors (Lipinski definition) is 5. The summed E-state index contributed by atoms with van der Waals surface area (Å²) in [6.45, 7) is 0. The van der Waals surface area contributed by atoms with Crippen LogP contribution in [0.2, 0.25) is 0 Å². The minimum Gasteiger partial charge on any atom is -0.465 e. The lowest BCUT2D eigenvalue weighted by atomic mass is 9.98. The number of hydrogen-bond donors (Lipinski definition) is 1. The molecule has 0 bridgehead atoms. The van der Waals surface area contributed by atoms with Gasteiger partial charge in [0.2, 0.25) is 0 Å². The van der Waals surface area contributed by atoms with Gasteiger partial charge in [0, 0.05) is 5.56 Å².